The molecule has 2 amide bonds. The zero-order valence-electron chi connectivity index (χ0n) is 20.1. The van der Waals surface area contributed by atoms with Crippen LogP contribution < -0.4 is 19.5 Å². The lowest BCUT2D eigenvalue weighted by Gasteiger charge is -2.33. The van der Waals surface area contributed by atoms with Gasteiger partial charge in [-0.15, -0.1) is 0 Å². The monoisotopic (exact) mass is 454 g/mol. The highest BCUT2D eigenvalue weighted by molar-refractivity contribution is 5.88. The van der Waals surface area contributed by atoms with E-state index < -0.39 is 6.04 Å². The number of benzene rings is 2. The molecule has 33 heavy (non-hydrogen) atoms. The lowest BCUT2D eigenvalue weighted by molar-refractivity contribution is -0.142. The molecule has 3 rings (SSSR count). The van der Waals surface area contributed by atoms with Crippen LogP contribution in [0.15, 0.2) is 42.5 Å². The van der Waals surface area contributed by atoms with Crippen molar-refractivity contribution >= 4 is 11.8 Å². The molecule has 178 valence electrons. The van der Waals surface area contributed by atoms with Gasteiger partial charge in [-0.25, -0.2) is 0 Å². The smallest absolute Gasteiger partial charge is 0.243 e. The molecule has 2 aromatic carbocycles. The number of hydrogen-bond acceptors (Lipinski definition) is 5. The van der Waals surface area contributed by atoms with Crippen LogP contribution in [0.3, 0.4) is 0 Å². The number of rotatable bonds is 9. The Hall–Kier alpha value is -3.22. The molecule has 1 atom stereocenters. The van der Waals surface area contributed by atoms with Crippen molar-refractivity contribution in [1.82, 2.24) is 10.2 Å². The molecule has 1 heterocycles. The van der Waals surface area contributed by atoms with Gasteiger partial charge in [-0.3, -0.25) is 9.59 Å². The Morgan fingerprint density at radius 2 is 1.85 bits per heavy atom. The molecule has 1 aliphatic heterocycles. The Labute approximate surface area is 196 Å². The summed E-state index contributed by atoms with van der Waals surface area (Å²) in [5, 5.41) is 3.03. The third-order valence-corrected chi connectivity index (χ3v) is 5.44. The Morgan fingerprint density at radius 3 is 2.55 bits per heavy atom. The minimum atomic E-state index is -0.570. The Morgan fingerprint density at radius 1 is 1.09 bits per heavy atom. The fourth-order valence-electron chi connectivity index (χ4n) is 3.83. The van der Waals surface area contributed by atoms with Crippen LogP contribution in [-0.4, -0.2) is 42.2 Å². The highest BCUT2D eigenvalue weighted by Crippen LogP contribution is 2.33. The molecule has 0 radical (unpaired) electrons. The standard InChI is InChI=1S/C26H34N2O5/c1-6-21(25(30)27-26(2,3)4)28(16-19-8-7-9-20(14-19)31-5)24(29)13-11-18-10-12-22-23(15-18)33-17-32-22/h7-10,12,14-15,21H,6,11,13,16-17H2,1-5H3,(H,27,30)/t21-/m1/s1. The Bertz CT molecular complexity index is 983. The van der Waals surface area contributed by atoms with Gasteiger partial charge < -0.3 is 24.4 Å². The molecule has 0 unspecified atom stereocenters. The third-order valence-electron chi connectivity index (χ3n) is 5.44. The van der Waals surface area contributed by atoms with E-state index in [9.17, 15) is 9.59 Å². The van der Waals surface area contributed by atoms with E-state index in [2.05, 4.69) is 5.32 Å². The van der Waals surface area contributed by atoms with Crippen LogP contribution in [0.4, 0.5) is 0 Å². The Kier molecular flexibility index (Phi) is 7.84. The number of carbonyl (C=O) groups is 2. The predicted octanol–water partition coefficient (Wildman–Crippen LogP) is 4.08. The average Bonchev–Trinajstić information content (AvgIpc) is 3.24. The second-order valence-electron chi connectivity index (χ2n) is 9.22. The van der Waals surface area contributed by atoms with Gasteiger partial charge in [-0.1, -0.05) is 25.1 Å². The molecule has 0 saturated carbocycles. The molecule has 0 aromatic heterocycles. The van der Waals surface area contributed by atoms with Crippen LogP contribution in [0.5, 0.6) is 17.2 Å². The number of carbonyl (C=O) groups excluding carboxylic acids is 2. The van der Waals surface area contributed by atoms with Gasteiger partial charge in [0.25, 0.3) is 0 Å². The normalized spacial score (nSPS) is 13.4. The molecule has 0 bridgehead atoms. The summed E-state index contributed by atoms with van der Waals surface area (Å²) in [5.74, 6) is 1.90. The summed E-state index contributed by atoms with van der Waals surface area (Å²) in [6, 6.07) is 12.7. The van der Waals surface area contributed by atoms with Gasteiger partial charge >= 0.3 is 0 Å². The maximum absolute atomic E-state index is 13.4. The molecule has 7 nitrogen and oxygen atoms in total. The van der Waals surface area contributed by atoms with E-state index in [1.165, 1.54) is 0 Å². The number of amides is 2. The zero-order valence-corrected chi connectivity index (χ0v) is 20.1. The van der Waals surface area contributed by atoms with Gasteiger partial charge in [0, 0.05) is 18.5 Å². The summed E-state index contributed by atoms with van der Waals surface area (Å²) >= 11 is 0. The summed E-state index contributed by atoms with van der Waals surface area (Å²) in [6.07, 6.45) is 1.34. The topological polar surface area (TPSA) is 77.1 Å². The predicted molar refractivity (Wildman–Crippen MR) is 126 cm³/mol. The number of hydrogen-bond donors (Lipinski definition) is 1. The molecule has 0 spiro atoms. The second kappa shape index (κ2) is 10.6. The van der Waals surface area contributed by atoms with Crippen molar-refractivity contribution in [2.24, 2.45) is 0 Å². The number of ether oxygens (including phenoxy) is 3. The molecule has 0 saturated heterocycles. The van der Waals surface area contributed by atoms with Gasteiger partial charge in [0.05, 0.1) is 7.11 Å². The van der Waals surface area contributed by atoms with E-state index in [-0.39, 0.29) is 30.6 Å². The molecule has 1 aliphatic rings. The molecule has 1 N–H and O–H groups in total. The lowest BCUT2D eigenvalue weighted by atomic mass is 10.0. The van der Waals surface area contributed by atoms with Gasteiger partial charge in [0.2, 0.25) is 18.6 Å². The van der Waals surface area contributed by atoms with Gasteiger partial charge in [-0.2, -0.15) is 0 Å². The van der Waals surface area contributed by atoms with Crippen molar-refractivity contribution in [3.05, 3.63) is 53.6 Å². The van der Waals surface area contributed by atoms with E-state index in [0.717, 1.165) is 16.9 Å². The van der Waals surface area contributed by atoms with Gasteiger partial charge in [0.1, 0.15) is 11.8 Å². The van der Waals surface area contributed by atoms with E-state index in [4.69, 9.17) is 14.2 Å². The first-order chi connectivity index (χ1) is 15.7. The van der Waals surface area contributed by atoms with Crippen LogP contribution in [0.25, 0.3) is 0 Å². The fourth-order valence-corrected chi connectivity index (χ4v) is 3.83. The number of methoxy groups -OCH3 is 1. The van der Waals surface area contributed by atoms with Crippen LogP contribution in [0.2, 0.25) is 0 Å². The van der Waals surface area contributed by atoms with Crippen LogP contribution in [0.1, 0.15) is 51.7 Å². The number of nitrogens with one attached hydrogen (secondary N) is 1. The summed E-state index contributed by atoms with van der Waals surface area (Å²) in [5.41, 5.74) is 1.51. The number of fused-ring (bicyclic) bond motifs is 1. The maximum atomic E-state index is 13.4. The molecule has 7 heteroatoms. The highest BCUT2D eigenvalue weighted by Gasteiger charge is 2.30. The minimum Gasteiger partial charge on any atom is -0.497 e. The molecule has 0 fully saturated rings. The summed E-state index contributed by atoms with van der Waals surface area (Å²) in [7, 11) is 1.61. The van der Waals surface area contributed by atoms with E-state index in [0.29, 0.717) is 30.9 Å². The first kappa shape index (κ1) is 24.4. The SMILES string of the molecule is CC[C@H](C(=O)NC(C)(C)C)N(Cc1cccc(OC)c1)C(=O)CCc1ccc2c(c1)OCO2. The molecular formula is C26H34N2O5. The van der Waals surface area contributed by atoms with Crippen molar-refractivity contribution in [3.8, 4) is 17.2 Å². The lowest BCUT2D eigenvalue weighted by Crippen LogP contribution is -2.53. The summed E-state index contributed by atoms with van der Waals surface area (Å²) in [6.45, 7) is 8.28. The van der Waals surface area contributed by atoms with Crippen LogP contribution in [-0.2, 0) is 22.6 Å². The Balaban J connectivity index is 1.79. The van der Waals surface area contributed by atoms with Crippen LogP contribution in [0, 0.1) is 0 Å². The summed E-state index contributed by atoms with van der Waals surface area (Å²) in [4.78, 5) is 28.2. The van der Waals surface area contributed by atoms with Crippen molar-refractivity contribution < 1.29 is 23.8 Å². The maximum Gasteiger partial charge on any atom is 0.243 e. The second-order valence-corrected chi connectivity index (χ2v) is 9.22. The van der Waals surface area contributed by atoms with Crippen molar-refractivity contribution in [2.75, 3.05) is 13.9 Å². The first-order valence-electron chi connectivity index (χ1n) is 11.3. The summed E-state index contributed by atoms with van der Waals surface area (Å²) < 4.78 is 16.1. The third kappa shape index (κ3) is 6.63. The van der Waals surface area contributed by atoms with E-state index in [1.807, 2.05) is 70.2 Å². The quantitative estimate of drug-likeness (QED) is 0.618. The average molecular weight is 455 g/mol. The minimum absolute atomic E-state index is 0.0774. The van der Waals surface area contributed by atoms with Crippen molar-refractivity contribution in [2.45, 2.75) is 65.1 Å². The van der Waals surface area contributed by atoms with Crippen molar-refractivity contribution in [3.63, 3.8) is 0 Å². The van der Waals surface area contributed by atoms with Gasteiger partial charge in [-0.05, 0) is 69.0 Å². The van der Waals surface area contributed by atoms with E-state index in [1.54, 1.807) is 12.0 Å². The van der Waals surface area contributed by atoms with Gasteiger partial charge in [0.15, 0.2) is 11.5 Å². The highest BCUT2D eigenvalue weighted by atomic mass is 16.7. The number of nitrogens with zero attached hydrogens (tertiary/aromatic N) is 1. The number of aryl methyl sites for hydroxylation is 1. The largest absolute Gasteiger partial charge is 0.497 e. The zero-order chi connectivity index (χ0) is 24.0. The van der Waals surface area contributed by atoms with E-state index >= 15 is 0 Å². The van der Waals surface area contributed by atoms with Crippen LogP contribution >= 0.6 is 0 Å². The molecular weight excluding hydrogens is 420 g/mol. The molecule has 0 aliphatic carbocycles. The first-order valence-corrected chi connectivity index (χ1v) is 11.3. The fraction of sp³-hybridized carbons (Fsp3) is 0.462. The van der Waals surface area contributed by atoms with Crippen molar-refractivity contribution in [1.29, 1.82) is 0 Å². The molecule has 2 aromatic rings.